The van der Waals surface area contributed by atoms with Crippen molar-refractivity contribution >= 4 is 0 Å². The smallest absolute Gasteiger partial charge is 0.237 e. The molecule has 2 atom stereocenters. The highest BCUT2D eigenvalue weighted by Crippen LogP contribution is 2.41. The molecule has 0 bridgehead atoms. The molecule has 2 nitrogen and oxygen atoms in total. The van der Waals surface area contributed by atoms with Crippen LogP contribution in [-0.2, 0) is 18.4 Å². The Bertz CT molecular complexity index is 1090. The maximum atomic E-state index is 2.58. The number of imidazole rings is 1. The van der Waals surface area contributed by atoms with Crippen LogP contribution in [0.3, 0.4) is 0 Å². The minimum absolute atomic E-state index is 0.00965. The van der Waals surface area contributed by atoms with Crippen molar-refractivity contribution in [2.75, 3.05) is 0 Å². The highest BCUT2D eigenvalue weighted by molar-refractivity contribution is 5.30. The van der Waals surface area contributed by atoms with Crippen LogP contribution in [0.4, 0.5) is 0 Å². The van der Waals surface area contributed by atoms with Gasteiger partial charge in [0.2, 0.25) is 6.33 Å². The van der Waals surface area contributed by atoms with Crippen molar-refractivity contribution in [1.82, 2.24) is 4.57 Å². The summed E-state index contributed by atoms with van der Waals surface area (Å²) in [5.74, 6) is 0. The molecule has 0 aliphatic heterocycles. The van der Waals surface area contributed by atoms with Crippen LogP contribution < -0.4 is 4.57 Å². The predicted molar refractivity (Wildman–Crippen MR) is 196 cm³/mol. The van der Waals surface area contributed by atoms with Crippen molar-refractivity contribution in [3.63, 3.8) is 0 Å². The van der Waals surface area contributed by atoms with Crippen LogP contribution in [0, 0.1) is 0 Å². The zero-order chi connectivity index (χ0) is 31.8. The summed E-state index contributed by atoms with van der Waals surface area (Å²) >= 11 is 0. The van der Waals surface area contributed by atoms with Gasteiger partial charge < -0.3 is 0 Å². The average Bonchev–Trinajstić information content (AvgIpc) is 3.53. The van der Waals surface area contributed by atoms with Gasteiger partial charge in [0.25, 0.3) is 0 Å². The number of aromatic nitrogens is 2. The molecule has 0 N–H and O–H groups in total. The fraction of sp³-hybridized carbons (Fsp3) is 0.651. The van der Waals surface area contributed by atoms with E-state index in [0.717, 1.165) is 13.0 Å². The van der Waals surface area contributed by atoms with Crippen molar-refractivity contribution in [2.45, 2.75) is 180 Å². The van der Waals surface area contributed by atoms with E-state index < -0.39 is 0 Å². The maximum Gasteiger partial charge on any atom is 0.244 e. The lowest BCUT2D eigenvalue weighted by Crippen LogP contribution is -2.38. The zero-order valence-corrected chi connectivity index (χ0v) is 29.7. The Labute approximate surface area is 279 Å². The van der Waals surface area contributed by atoms with Crippen LogP contribution in [0.5, 0.6) is 0 Å². The van der Waals surface area contributed by atoms with Gasteiger partial charge in [-0.3, -0.25) is 0 Å². The SMILES string of the molecule is CCCCCCCCCCCCCC(n1cc[n+](CCCCCCCCCCC)c1)C(C)(Cc1ccccc1)c1ccccc1. The van der Waals surface area contributed by atoms with E-state index in [1.54, 1.807) is 0 Å². The largest absolute Gasteiger partial charge is 0.244 e. The molecule has 0 saturated carbocycles. The third-order valence-electron chi connectivity index (χ3n) is 10.3. The summed E-state index contributed by atoms with van der Waals surface area (Å²) < 4.78 is 5.04. The van der Waals surface area contributed by atoms with Gasteiger partial charge in [-0.15, -0.1) is 0 Å². The van der Waals surface area contributed by atoms with Crippen molar-refractivity contribution in [3.8, 4) is 0 Å². The minimum atomic E-state index is 0.00965. The third-order valence-corrected chi connectivity index (χ3v) is 10.3. The summed E-state index contributed by atoms with van der Waals surface area (Å²) in [5, 5.41) is 0. The van der Waals surface area contributed by atoms with Crippen LogP contribution in [0.2, 0.25) is 0 Å². The number of aryl methyl sites for hydroxylation is 1. The second kappa shape index (κ2) is 23.0. The molecular formula is C43H69N2+. The molecule has 2 aromatic carbocycles. The van der Waals surface area contributed by atoms with E-state index in [4.69, 9.17) is 0 Å². The highest BCUT2D eigenvalue weighted by atomic mass is 15.1. The lowest BCUT2D eigenvalue weighted by molar-refractivity contribution is -0.697. The van der Waals surface area contributed by atoms with Gasteiger partial charge in [0, 0.05) is 5.41 Å². The summed E-state index contributed by atoms with van der Waals surface area (Å²) in [5.41, 5.74) is 2.90. The quantitative estimate of drug-likeness (QED) is 0.0597. The van der Waals surface area contributed by atoms with Gasteiger partial charge in [-0.2, -0.15) is 0 Å². The molecule has 1 aromatic heterocycles. The molecule has 250 valence electrons. The van der Waals surface area contributed by atoms with E-state index in [-0.39, 0.29) is 5.41 Å². The molecule has 45 heavy (non-hydrogen) atoms. The first-order valence-electron chi connectivity index (χ1n) is 19.3. The summed E-state index contributed by atoms with van der Waals surface area (Å²) in [4.78, 5) is 0. The predicted octanol–water partition coefficient (Wildman–Crippen LogP) is 12.7. The first kappa shape index (κ1) is 37.1. The molecule has 0 fully saturated rings. The topological polar surface area (TPSA) is 8.81 Å². The van der Waals surface area contributed by atoms with E-state index >= 15 is 0 Å². The fourth-order valence-electron chi connectivity index (χ4n) is 7.38. The lowest BCUT2D eigenvalue weighted by Gasteiger charge is -2.37. The van der Waals surface area contributed by atoms with Gasteiger partial charge in [-0.25, -0.2) is 9.13 Å². The van der Waals surface area contributed by atoms with Gasteiger partial charge in [-0.1, -0.05) is 191 Å². The summed E-state index contributed by atoms with van der Waals surface area (Å²) in [6.07, 6.45) is 37.2. The molecule has 3 rings (SSSR count). The van der Waals surface area contributed by atoms with Crippen LogP contribution in [0.1, 0.15) is 173 Å². The number of hydrogen-bond acceptors (Lipinski definition) is 0. The Morgan fingerprint density at radius 3 is 1.58 bits per heavy atom. The minimum Gasteiger partial charge on any atom is -0.237 e. The standard InChI is InChI=1S/C43H69N2/c1-4-6-8-10-12-14-15-16-18-20-28-34-42(43(3,41-32-26-23-27-33-41)38-40-30-24-22-25-31-40)45-37-36-44(39-45)35-29-21-19-17-13-11-9-7-5-2/h22-27,30-33,36-37,39,42H,4-21,28-29,34-35,38H2,1-3H3/q+1. The number of unbranched alkanes of at least 4 members (excludes halogenated alkanes) is 18. The summed E-state index contributed by atoms with van der Waals surface area (Å²) in [6, 6.07) is 23.0. The Balaban J connectivity index is 1.62. The lowest BCUT2D eigenvalue weighted by atomic mass is 9.70. The van der Waals surface area contributed by atoms with Crippen molar-refractivity contribution in [2.24, 2.45) is 0 Å². The molecule has 2 unspecified atom stereocenters. The molecule has 1 heterocycles. The monoisotopic (exact) mass is 614 g/mol. The number of hydrogen-bond donors (Lipinski definition) is 0. The summed E-state index contributed by atoms with van der Waals surface area (Å²) in [7, 11) is 0. The number of benzene rings is 2. The van der Waals surface area contributed by atoms with Gasteiger partial charge in [-0.05, 0) is 43.2 Å². The van der Waals surface area contributed by atoms with Crippen LogP contribution >= 0.6 is 0 Å². The number of rotatable bonds is 27. The molecule has 0 aliphatic rings. The Hall–Kier alpha value is -2.35. The molecule has 0 amide bonds. The average molecular weight is 614 g/mol. The van der Waals surface area contributed by atoms with Gasteiger partial charge in [0.1, 0.15) is 18.4 Å². The summed E-state index contributed by atoms with van der Waals surface area (Å²) in [6.45, 7) is 8.27. The molecule has 0 saturated heterocycles. The van der Waals surface area contributed by atoms with Crippen molar-refractivity contribution < 1.29 is 4.57 Å². The van der Waals surface area contributed by atoms with E-state index in [1.807, 2.05) is 0 Å². The Morgan fingerprint density at radius 2 is 1.04 bits per heavy atom. The van der Waals surface area contributed by atoms with Crippen LogP contribution in [0.15, 0.2) is 79.4 Å². The number of nitrogens with zero attached hydrogens (tertiary/aromatic N) is 2. The Morgan fingerprint density at radius 1 is 0.578 bits per heavy atom. The van der Waals surface area contributed by atoms with Gasteiger partial charge >= 0.3 is 0 Å². The second-order valence-electron chi connectivity index (χ2n) is 14.2. The third kappa shape index (κ3) is 14.3. The van der Waals surface area contributed by atoms with E-state index in [1.165, 1.54) is 146 Å². The normalized spacial score (nSPS) is 13.6. The second-order valence-corrected chi connectivity index (χ2v) is 14.2. The zero-order valence-electron chi connectivity index (χ0n) is 29.7. The first-order chi connectivity index (χ1) is 22.2. The van der Waals surface area contributed by atoms with Crippen molar-refractivity contribution in [1.29, 1.82) is 0 Å². The highest BCUT2D eigenvalue weighted by Gasteiger charge is 2.40. The molecule has 2 heteroatoms. The molecule has 0 aliphatic carbocycles. The maximum absolute atomic E-state index is 2.58. The van der Waals surface area contributed by atoms with Gasteiger partial charge in [0.15, 0.2) is 0 Å². The Kier molecular flexibility index (Phi) is 19.0. The van der Waals surface area contributed by atoms with Crippen LogP contribution in [0.25, 0.3) is 0 Å². The van der Waals surface area contributed by atoms with E-state index in [2.05, 4.69) is 109 Å². The van der Waals surface area contributed by atoms with E-state index in [0.29, 0.717) is 6.04 Å². The van der Waals surface area contributed by atoms with Gasteiger partial charge in [0.05, 0.1) is 6.54 Å². The first-order valence-corrected chi connectivity index (χ1v) is 19.3. The fourth-order valence-corrected chi connectivity index (χ4v) is 7.38. The molecular weight excluding hydrogens is 544 g/mol. The molecule has 0 radical (unpaired) electrons. The molecule has 3 aromatic rings. The van der Waals surface area contributed by atoms with Crippen LogP contribution in [-0.4, -0.2) is 4.57 Å². The van der Waals surface area contributed by atoms with Crippen molar-refractivity contribution in [3.05, 3.63) is 90.5 Å². The van der Waals surface area contributed by atoms with E-state index in [9.17, 15) is 0 Å². The molecule has 0 spiro atoms.